The maximum atomic E-state index is 13.7. The van der Waals surface area contributed by atoms with Gasteiger partial charge in [0, 0.05) is 19.6 Å². The SMILES string of the molecule is O=C(O)C1CCN(C(=O)C2CCCN2C(=O)C23CC4CC(CC(C4)C2)C3)C1. The third kappa shape index (κ3) is 2.78. The molecular formula is C21H30N2O4. The second-order valence-corrected chi connectivity index (χ2v) is 9.96. The lowest BCUT2D eigenvalue weighted by atomic mass is 9.49. The van der Waals surface area contributed by atoms with Gasteiger partial charge in [-0.15, -0.1) is 0 Å². The number of carboxylic acid groups (broad SMARTS) is 1. The summed E-state index contributed by atoms with van der Waals surface area (Å²) < 4.78 is 0. The fourth-order valence-electron chi connectivity index (χ4n) is 7.32. The van der Waals surface area contributed by atoms with Gasteiger partial charge in [-0.2, -0.15) is 0 Å². The highest BCUT2D eigenvalue weighted by Crippen LogP contribution is 2.60. The minimum Gasteiger partial charge on any atom is -0.481 e. The predicted molar refractivity (Wildman–Crippen MR) is 97.7 cm³/mol. The molecule has 0 aromatic heterocycles. The fourth-order valence-corrected chi connectivity index (χ4v) is 7.32. The van der Waals surface area contributed by atoms with Gasteiger partial charge in [0.25, 0.3) is 0 Å². The standard InChI is InChI=1S/C21H30N2O4/c24-18(22-5-3-16(12-22)19(25)26)17-2-1-4-23(17)20(27)21-9-13-6-14(10-21)8-15(7-13)11-21/h13-17H,1-12H2,(H,25,26). The zero-order chi connectivity index (χ0) is 18.8. The summed E-state index contributed by atoms with van der Waals surface area (Å²) in [6, 6.07) is -0.363. The molecule has 4 saturated carbocycles. The summed E-state index contributed by atoms with van der Waals surface area (Å²) in [7, 11) is 0. The maximum absolute atomic E-state index is 13.7. The number of rotatable bonds is 3. The molecule has 27 heavy (non-hydrogen) atoms. The number of hydrogen-bond donors (Lipinski definition) is 1. The van der Waals surface area contributed by atoms with Crippen molar-refractivity contribution in [1.29, 1.82) is 0 Å². The Morgan fingerprint density at radius 3 is 2.07 bits per heavy atom. The van der Waals surface area contributed by atoms with E-state index in [1.807, 2.05) is 4.90 Å². The van der Waals surface area contributed by atoms with E-state index in [0.29, 0.717) is 43.8 Å². The van der Waals surface area contributed by atoms with Crippen molar-refractivity contribution in [3.8, 4) is 0 Å². The van der Waals surface area contributed by atoms with Crippen LogP contribution in [0, 0.1) is 29.1 Å². The van der Waals surface area contributed by atoms with E-state index in [1.54, 1.807) is 4.90 Å². The molecule has 2 unspecified atom stereocenters. The third-order valence-corrected chi connectivity index (χ3v) is 8.14. The summed E-state index contributed by atoms with van der Waals surface area (Å²) in [5.41, 5.74) is -0.202. The Labute approximate surface area is 160 Å². The molecule has 4 aliphatic carbocycles. The largest absolute Gasteiger partial charge is 0.481 e. The summed E-state index contributed by atoms with van der Waals surface area (Å²) in [4.78, 5) is 41.6. The van der Waals surface area contributed by atoms with Crippen LogP contribution in [-0.2, 0) is 14.4 Å². The molecule has 2 aliphatic heterocycles. The van der Waals surface area contributed by atoms with Crippen LogP contribution in [0.25, 0.3) is 0 Å². The number of likely N-dealkylation sites (tertiary alicyclic amines) is 2. The van der Waals surface area contributed by atoms with Gasteiger partial charge in [0.05, 0.1) is 11.3 Å². The maximum Gasteiger partial charge on any atom is 0.308 e. The molecule has 0 aromatic carbocycles. The molecule has 0 aromatic rings. The van der Waals surface area contributed by atoms with Crippen molar-refractivity contribution in [3.05, 3.63) is 0 Å². The topological polar surface area (TPSA) is 77.9 Å². The number of carboxylic acids is 1. The average Bonchev–Trinajstić information content (AvgIpc) is 3.29. The van der Waals surface area contributed by atoms with Crippen LogP contribution in [0.3, 0.4) is 0 Å². The highest BCUT2D eigenvalue weighted by molar-refractivity contribution is 5.91. The van der Waals surface area contributed by atoms with Gasteiger partial charge in [-0.25, -0.2) is 0 Å². The lowest BCUT2D eigenvalue weighted by Gasteiger charge is -2.56. The van der Waals surface area contributed by atoms with E-state index < -0.39 is 11.9 Å². The summed E-state index contributed by atoms with van der Waals surface area (Å²) in [6.45, 7) is 1.49. The van der Waals surface area contributed by atoms with Crippen LogP contribution in [0.5, 0.6) is 0 Å². The molecular weight excluding hydrogens is 344 g/mol. The summed E-state index contributed by atoms with van der Waals surface area (Å²) in [6.07, 6.45) is 9.13. The van der Waals surface area contributed by atoms with Crippen molar-refractivity contribution in [2.24, 2.45) is 29.1 Å². The molecule has 6 aliphatic rings. The first kappa shape index (κ1) is 17.5. The minimum atomic E-state index is -0.821. The second-order valence-electron chi connectivity index (χ2n) is 9.96. The van der Waals surface area contributed by atoms with Crippen molar-refractivity contribution in [2.45, 2.75) is 63.8 Å². The zero-order valence-electron chi connectivity index (χ0n) is 15.9. The Morgan fingerprint density at radius 2 is 1.52 bits per heavy atom. The summed E-state index contributed by atoms with van der Waals surface area (Å²) >= 11 is 0. The van der Waals surface area contributed by atoms with Gasteiger partial charge in [-0.05, 0) is 75.5 Å². The smallest absolute Gasteiger partial charge is 0.308 e. The summed E-state index contributed by atoms with van der Waals surface area (Å²) in [5.74, 6) is 1.09. The van der Waals surface area contributed by atoms with Gasteiger partial charge >= 0.3 is 5.97 Å². The number of carbonyl (C=O) groups is 3. The Kier molecular flexibility index (Phi) is 4.03. The van der Waals surface area contributed by atoms with Crippen LogP contribution in [0.1, 0.15) is 57.8 Å². The number of carbonyl (C=O) groups excluding carboxylic acids is 2. The van der Waals surface area contributed by atoms with Crippen LogP contribution in [0.2, 0.25) is 0 Å². The van der Waals surface area contributed by atoms with E-state index in [0.717, 1.165) is 32.1 Å². The summed E-state index contributed by atoms with van der Waals surface area (Å²) in [5, 5.41) is 9.21. The molecule has 4 bridgehead atoms. The van der Waals surface area contributed by atoms with Crippen LogP contribution < -0.4 is 0 Å². The van der Waals surface area contributed by atoms with Crippen LogP contribution >= 0.6 is 0 Å². The lowest BCUT2D eigenvalue weighted by Crippen LogP contribution is -2.57. The molecule has 2 heterocycles. The Morgan fingerprint density at radius 1 is 0.889 bits per heavy atom. The van der Waals surface area contributed by atoms with E-state index >= 15 is 0 Å². The molecule has 6 heteroatoms. The van der Waals surface area contributed by atoms with Crippen molar-refractivity contribution in [1.82, 2.24) is 9.80 Å². The normalized spacial score (nSPS) is 42.7. The molecule has 6 rings (SSSR count). The number of amides is 2. The van der Waals surface area contributed by atoms with E-state index in [2.05, 4.69) is 0 Å². The van der Waals surface area contributed by atoms with Gasteiger partial charge in [-0.3, -0.25) is 14.4 Å². The van der Waals surface area contributed by atoms with Crippen LogP contribution in [0.4, 0.5) is 0 Å². The third-order valence-electron chi connectivity index (χ3n) is 8.14. The first-order valence-corrected chi connectivity index (χ1v) is 10.8. The highest BCUT2D eigenvalue weighted by atomic mass is 16.4. The molecule has 0 radical (unpaired) electrons. The first-order chi connectivity index (χ1) is 12.9. The second kappa shape index (κ2) is 6.21. The monoisotopic (exact) mass is 374 g/mol. The van der Waals surface area contributed by atoms with E-state index in [9.17, 15) is 19.5 Å². The van der Waals surface area contributed by atoms with Gasteiger partial charge in [-0.1, -0.05) is 0 Å². The number of aliphatic carboxylic acids is 1. The average molecular weight is 374 g/mol. The molecule has 6 fully saturated rings. The molecule has 1 N–H and O–H groups in total. The molecule has 0 spiro atoms. The Balaban J connectivity index is 1.32. The number of hydrogen-bond acceptors (Lipinski definition) is 3. The molecule has 6 nitrogen and oxygen atoms in total. The van der Waals surface area contributed by atoms with E-state index in [-0.39, 0.29) is 23.3 Å². The van der Waals surface area contributed by atoms with Crippen molar-refractivity contribution in [2.75, 3.05) is 19.6 Å². The van der Waals surface area contributed by atoms with Gasteiger partial charge in [0.15, 0.2) is 0 Å². The van der Waals surface area contributed by atoms with Crippen molar-refractivity contribution in [3.63, 3.8) is 0 Å². The predicted octanol–water partition coefficient (Wildman–Crippen LogP) is 2.13. The lowest BCUT2D eigenvalue weighted by molar-refractivity contribution is -0.162. The Hall–Kier alpha value is -1.59. The van der Waals surface area contributed by atoms with Crippen LogP contribution in [-0.4, -0.2) is 58.4 Å². The van der Waals surface area contributed by atoms with Crippen molar-refractivity contribution < 1.29 is 19.5 Å². The minimum absolute atomic E-state index is 0.0191. The molecule has 2 amide bonds. The quantitative estimate of drug-likeness (QED) is 0.821. The Bertz CT molecular complexity index is 640. The van der Waals surface area contributed by atoms with Gasteiger partial charge < -0.3 is 14.9 Å². The van der Waals surface area contributed by atoms with E-state index in [1.165, 1.54) is 19.3 Å². The van der Waals surface area contributed by atoms with Gasteiger partial charge in [0.2, 0.25) is 11.8 Å². The fraction of sp³-hybridized carbons (Fsp3) is 0.857. The van der Waals surface area contributed by atoms with Crippen molar-refractivity contribution >= 4 is 17.8 Å². The zero-order valence-corrected chi connectivity index (χ0v) is 15.9. The molecule has 2 saturated heterocycles. The number of nitrogens with zero attached hydrogens (tertiary/aromatic N) is 2. The molecule has 2 atom stereocenters. The highest BCUT2D eigenvalue weighted by Gasteiger charge is 2.57. The van der Waals surface area contributed by atoms with Gasteiger partial charge in [0.1, 0.15) is 6.04 Å². The van der Waals surface area contributed by atoms with E-state index in [4.69, 9.17) is 0 Å². The molecule has 148 valence electrons. The first-order valence-electron chi connectivity index (χ1n) is 10.8. The van der Waals surface area contributed by atoms with Crippen LogP contribution in [0.15, 0.2) is 0 Å².